The highest BCUT2D eigenvalue weighted by atomic mass is 19.4. The molecule has 1 aromatic heterocycles. The van der Waals surface area contributed by atoms with Gasteiger partial charge >= 0.3 is 6.18 Å². The molecule has 0 aromatic carbocycles. The summed E-state index contributed by atoms with van der Waals surface area (Å²) in [5.41, 5.74) is -0.373. The molecular weight excluding hydrogens is 375 g/mol. The molecule has 1 heterocycles. The zero-order valence-electron chi connectivity index (χ0n) is 16.6. The average molecular weight is 401 g/mol. The molecule has 2 atom stereocenters. The van der Waals surface area contributed by atoms with Gasteiger partial charge in [0.15, 0.2) is 6.10 Å². The van der Waals surface area contributed by atoms with E-state index in [4.69, 9.17) is 4.74 Å². The monoisotopic (exact) mass is 401 g/mol. The van der Waals surface area contributed by atoms with E-state index >= 15 is 0 Å². The fourth-order valence-corrected chi connectivity index (χ4v) is 2.60. The zero-order chi connectivity index (χ0) is 21.3. The van der Waals surface area contributed by atoms with Gasteiger partial charge in [-0.2, -0.15) is 13.2 Å². The summed E-state index contributed by atoms with van der Waals surface area (Å²) in [6.07, 6.45) is -3.42. The second-order valence-electron chi connectivity index (χ2n) is 7.68. The van der Waals surface area contributed by atoms with Crippen LogP contribution < -0.4 is 15.4 Å². The van der Waals surface area contributed by atoms with Crippen LogP contribution in [0, 0.1) is 5.41 Å². The lowest BCUT2D eigenvalue weighted by atomic mass is 9.84. The van der Waals surface area contributed by atoms with Crippen LogP contribution in [0.15, 0.2) is 12.3 Å². The summed E-state index contributed by atoms with van der Waals surface area (Å²) in [5, 5.41) is 5.23. The highest BCUT2D eigenvalue weighted by Gasteiger charge is 2.40. The first-order valence-electron chi connectivity index (χ1n) is 9.14. The molecule has 9 heteroatoms. The summed E-state index contributed by atoms with van der Waals surface area (Å²) in [4.78, 5) is 28.6. The van der Waals surface area contributed by atoms with Crippen molar-refractivity contribution in [1.82, 2.24) is 15.6 Å². The molecule has 2 N–H and O–H groups in total. The van der Waals surface area contributed by atoms with Crippen LogP contribution in [0.4, 0.5) is 13.2 Å². The number of hydrogen-bond acceptors (Lipinski definition) is 4. The normalized spacial score (nSPS) is 16.9. The van der Waals surface area contributed by atoms with E-state index in [9.17, 15) is 22.8 Å². The molecule has 156 valence electrons. The minimum Gasteiger partial charge on any atom is -0.481 e. The smallest absolute Gasteiger partial charge is 0.425 e. The molecule has 1 aliphatic rings. The molecule has 2 rings (SSSR count). The fourth-order valence-electron chi connectivity index (χ4n) is 2.60. The molecule has 1 unspecified atom stereocenters. The standard InChI is InChI=1S/C19H26F3N3O3/c1-10(18(3,4)17(27)23-5)25-16(26)14-8-15(28-11(2)19(20,21)22)13(9-24-14)12-6-7-12/h8-12H,6-7H2,1-5H3,(H,23,27)(H,25,26)/t10?,11-/m0/s1. The summed E-state index contributed by atoms with van der Waals surface area (Å²) in [6.45, 7) is 5.96. The first-order valence-corrected chi connectivity index (χ1v) is 9.14. The summed E-state index contributed by atoms with van der Waals surface area (Å²) < 4.78 is 43.8. The molecule has 2 amide bonds. The highest BCUT2D eigenvalue weighted by molar-refractivity contribution is 5.93. The third-order valence-electron chi connectivity index (χ3n) is 5.15. The van der Waals surface area contributed by atoms with Crippen LogP contribution in [0.5, 0.6) is 5.75 Å². The van der Waals surface area contributed by atoms with Crippen molar-refractivity contribution in [2.24, 2.45) is 5.41 Å². The van der Waals surface area contributed by atoms with Gasteiger partial charge in [0.1, 0.15) is 11.4 Å². The lowest BCUT2D eigenvalue weighted by molar-refractivity contribution is -0.189. The number of rotatable bonds is 7. The molecule has 6 nitrogen and oxygen atoms in total. The zero-order valence-corrected chi connectivity index (χ0v) is 16.6. The summed E-state index contributed by atoms with van der Waals surface area (Å²) >= 11 is 0. The number of nitrogens with one attached hydrogen (secondary N) is 2. The van der Waals surface area contributed by atoms with Crippen molar-refractivity contribution in [2.75, 3.05) is 7.05 Å². The highest BCUT2D eigenvalue weighted by Crippen LogP contribution is 2.44. The van der Waals surface area contributed by atoms with E-state index in [1.807, 2.05) is 0 Å². The number of carbonyl (C=O) groups is 2. The summed E-state index contributed by atoms with van der Waals surface area (Å²) in [5.74, 6) is -0.714. The van der Waals surface area contributed by atoms with Gasteiger partial charge in [0, 0.05) is 30.9 Å². The van der Waals surface area contributed by atoms with Gasteiger partial charge in [-0.05, 0) is 46.5 Å². The number of ether oxygens (including phenoxy) is 1. The maximum Gasteiger partial charge on any atom is 0.425 e. The van der Waals surface area contributed by atoms with Gasteiger partial charge in [-0.25, -0.2) is 0 Å². The third kappa shape index (κ3) is 4.94. The molecule has 1 aliphatic carbocycles. The topological polar surface area (TPSA) is 80.3 Å². The van der Waals surface area contributed by atoms with Crippen LogP contribution in [0.25, 0.3) is 0 Å². The van der Waals surface area contributed by atoms with Crippen molar-refractivity contribution in [2.45, 2.75) is 64.8 Å². The van der Waals surface area contributed by atoms with Gasteiger partial charge in [-0.3, -0.25) is 14.6 Å². The van der Waals surface area contributed by atoms with Crippen LogP contribution in [-0.2, 0) is 4.79 Å². The van der Waals surface area contributed by atoms with Crippen molar-refractivity contribution < 1.29 is 27.5 Å². The predicted octanol–water partition coefficient (Wildman–Crippen LogP) is 3.18. The molecule has 0 spiro atoms. The Kier molecular flexibility index (Phi) is 6.25. The van der Waals surface area contributed by atoms with Gasteiger partial charge < -0.3 is 15.4 Å². The Morgan fingerprint density at radius 3 is 2.36 bits per heavy atom. The van der Waals surface area contributed by atoms with E-state index in [0.717, 1.165) is 19.8 Å². The second kappa shape index (κ2) is 7.97. The number of alkyl halides is 3. The van der Waals surface area contributed by atoms with Gasteiger partial charge in [0.2, 0.25) is 5.91 Å². The maximum absolute atomic E-state index is 12.9. The van der Waals surface area contributed by atoms with Gasteiger partial charge in [0.25, 0.3) is 5.91 Å². The summed E-state index contributed by atoms with van der Waals surface area (Å²) in [7, 11) is 1.50. The van der Waals surface area contributed by atoms with Crippen molar-refractivity contribution in [3.8, 4) is 5.75 Å². The van der Waals surface area contributed by atoms with Crippen LogP contribution >= 0.6 is 0 Å². The van der Waals surface area contributed by atoms with E-state index in [-0.39, 0.29) is 23.3 Å². The van der Waals surface area contributed by atoms with Crippen molar-refractivity contribution in [1.29, 1.82) is 0 Å². The number of hydrogen-bond donors (Lipinski definition) is 2. The molecule has 0 aliphatic heterocycles. The minimum atomic E-state index is -4.52. The molecule has 0 radical (unpaired) electrons. The van der Waals surface area contributed by atoms with Gasteiger partial charge in [0.05, 0.1) is 5.41 Å². The van der Waals surface area contributed by atoms with E-state index in [1.165, 1.54) is 19.3 Å². The van der Waals surface area contributed by atoms with Crippen molar-refractivity contribution >= 4 is 11.8 Å². The molecule has 0 saturated heterocycles. The Labute approximate surface area is 162 Å². The molecule has 28 heavy (non-hydrogen) atoms. The van der Waals surface area contributed by atoms with E-state index < -0.39 is 29.6 Å². The Hall–Kier alpha value is -2.32. The van der Waals surface area contributed by atoms with Gasteiger partial charge in [-0.15, -0.1) is 0 Å². The largest absolute Gasteiger partial charge is 0.481 e. The number of carbonyl (C=O) groups excluding carboxylic acids is 2. The number of halogens is 3. The second-order valence-corrected chi connectivity index (χ2v) is 7.68. The SMILES string of the molecule is CNC(=O)C(C)(C)C(C)NC(=O)c1cc(O[C@@H](C)C(F)(F)F)c(C2CC2)cn1. The number of nitrogens with zero attached hydrogens (tertiary/aromatic N) is 1. The van der Waals surface area contributed by atoms with E-state index in [2.05, 4.69) is 15.6 Å². The molecule has 1 saturated carbocycles. The van der Waals surface area contributed by atoms with Crippen molar-refractivity contribution in [3.63, 3.8) is 0 Å². The first-order chi connectivity index (χ1) is 12.9. The molecule has 1 fully saturated rings. The molecular formula is C19H26F3N3O3. The van der Waals surface area contributed by atoms with E-state index in [0.29, 0.717) is 5.56 Å². The Morgan fingerprint density at radius 1 is 1.25 bits per heavy atom. The van der Waals surface area contributed by atoms with Crippen molar-refractivity contribution in [3.05, 3.63) is 23.5 Å². The Bertz CT molecular complexity index is 746. The molecule has 0 bridgehead atoms. The van der Waals surface area contributed by atoms with Crippen LogP contribution in [0.2, 0.25) is 0 Å². The maximum atomic E-state index is 12.9. The number of aromatic nitrogens is 1. The third-order valence-corrected chi connectivity index (χ3v) is 5.15. The average Bonchev–Trinajstić information content (AvgIpc) is 3.44. The van der Waals surface area contributed by atoms with E-state index in [1.54, 1.807) is 20.8 Å². The number of amides is 2. The molecule has 1 aromatic rings. The number of pyridine rings is 1. The lowest BCUT2D eigenvalue weighted by Gasteiger charge is -2.30. The summed E-state index contributed by atoms with van der Waals surface area (Å²) in [6, 6.07) is 0.702. The Morgan fingerprint density at radius 2 is 1.86 bits per heavy atom. The van der Waals surface area contributed by atoms with Crippen LogP contribution in [0.1, 0.15) is 62.5 Å². The quantitative estimate of drug-likeness (QED) is 0.736. The lowest BCUT2D eigenvalue weighted by Crippen LogP contribution is -2.50. The van der Waals surface area contributed by atoms with Crippen LogP contribution in [0.3, 0.4) is 0 Å². The predicted molar refractivity (Wildman–Crippen MR) is 97.1 cm³/mol. The fraction of sp³-hybridized carbons (Fsp3) is 0.632. The van der Waals surface area contributed by atoms with Crippen LogP contribution in [-0.4, -0.2) is 42.2 Å². The minimum absolute atomic E-state index is 0.0192. The first kappa shape index (κ1) is 22.0. The van der Waals surface area contributed by atoms with Gasteiger partial charge in [-0.1, -0.05) is 0 Å². The Balaban J connectivity index is 2.22.